The maximum Gasteiger partial charge on any atom is 0.251 e. The highest BCUT2D eigenvalue weighted by Gasteiger charge is 2.24. The molecule has 0 atom stereocenters. The summed E-state index contributed by atoms with van der Waals surface area (Å²) in [6.45, 7) is 3.78. The van der Waals surface area contributed by atoms with Crippen LogP contribution in [0.2, 0.25) is 0 Å². The maximum absolute atomic E-state index is 12.1. The van der Waals surface area contributed by atoms with Crippen LogP contribution >= 0.6 is 0 Å². The van der Waals surface area contributed by atoms with Crippen LogP contribution < -0.4 is 20.9 Å². The SMILES string of the molecule is Nc1cc(C(=O)NC2CC2)ccc1N1CCN(c2ccccc2)CC1. The van der Waals surface area contributed by atoms with Gasteiger partial charge in [-0.05, 0) is 43.2 Å². The van der Waals surface area contributed by atoms with Crippen LogP contribution in [0.3, 0.4) is 0 Å². The Bertz CT molecular complexity index is 750. The predicted octanol–water partition coefficient (Wildman–Crippen LogP) is 2.49. The third kappa shape index (κ3) is 3.55. The molecule has 4 rings (SSSR count). The normalized spacial score (nSPS) is 17.4. The fraction of sp³-hybridized carbons (Fsp3) is 0.350. The van der Waals surface area contributed by atoms with Gasteiger partial charge in [-0.3, -0.25) is 4.79 Å². The lowest BCUT2D eigenvalue weighted by Crippen LogP contribution is -2.46. The Morgan fingerprint density at radius 3 is 2.28 bits per heavy atom. The number of amides is 1. The number of hydrogen-bond acceptors (Lipinski definition) is 4. The van der Waals surface area contributed by atoms with Crippen molar-refractivity contribution in [2.75, 3.05) is 41.7 Å². The van der Waals surface area contributed by atoms with E-state index >= 15 is 0 Å². The van der Waals surface area contributed by atoms with Crippen molar-refractivity contribution in [1.82, 2.24) is 5.32 Å². The van der Waals surface area contributed by atoms with Gasteiger partial charge in [-0.25, -0.2) is 0 Å². The summed E-state index contributed by atoms with van der Waals surface area (Å²) in [5.74, 6) is -0.0188. The van der Waals surface area contributed by atoms with Gasteiger partial charge in [0.1, 0.15) is 0 Å². The summed E-state index contributed by atoms with van der Waals surface area (Å²) in [7, 11) is 0. The molecule has 25 heavy (non-hydrogen) atoms. The first-order chi connectivity index (χ1) is 12.2. The lowest BCUT2D eigenvalue weighted by molar-refractivity contribution is 0.0951. The number of nitrogens with one attached hydrogen (secondary N) is 1. The number of nitrogens with two attached hydrogens (primary N) is 1. The van der Waals surface area contributed by atoms with Crippen molar-refractivity contribution in [3.05, 3.63) is 54.1 Å². The fourth-order valence-electron chi connectivity index (χ4n) is 3.32. The molecule has 5 heteroatoms. The minimum atomic E-state index is -0.0188. The molecule has 1 saturated heterocycles. The van der Waals surface area contributed by atoms with Crippen molar-refractivity contribution in [1.29, 1.82) is 0 Å². The van der Waals surface area contributed by atoms with Gasteiger partial charge in [0, 0.05) is 43.5 Å². The lowest BCUT2D eigenvalue weighted by atomic mass is 10.1. The molecule has 0 radical (unpaired) electrons. The number of nitrogen functional groups attached to an aromatic ring is 1. The molecule has 1 aliphatic carbocycles. The van der Waals surface area contributed by atoms with Crippen LogP contribution in [0.4, 0.5) is 17.1 Å². The molecule has 2 aliphatic rings. The van der Waals surface area contributed by atoms with Crippen molar-refractivity contribution >= 4 is 23.0 Å². The van der Waals surface area contributed by atoms with E-state index in [-0.39, 0.29) is 5.91 Å². The van der Waals surface area contributed by atoms with Gasteiger partial charge in [0.15, 0.2) is 0 Å². The molecule has 1 saturated carbocycles. The molecule has 1 aliphatic heterocycles. The highest BCUT2D eigenvalue weighted by atomic mass is 16.1. The van der Waals surface area contributed by atoms with Crippen LogP contribution in [0.5, 0.6) is 0 Å². The first kappa shape index (κ1) is 15.8. The molecule has 5 nitrogen and oxygen atoms in total. The molecule has 2 fully saturated rings. The summed E-state index contributed by atoms with van der Waals surface area (Å²) in [5.41, 5.74) is 9.86. The predicted molar refractivity (Wildman–Crippen MR) is 102 cm³/mol. The van der Waals surface area contributed by atoms with E-state index in [1.54, 1.807) is 6.07 Å². The van der Waals surface area contributed by atoms with Gasteiger partial charge in [-0.15, -0.1) is 0 Å². The molecular formula is C20H24N4O. The van der Waals surface area contributed by atoms with Crippen molar-refractivity contribution in [2.45, 2.75) is 18.9 Å². The molecule has 0 unspecified atom stereocenters. The van der Waals surface area contributed by atoms with Crippen molar-refractivity contribution < 1.29 is 4.79 Å². The standard InChI is InChI=1S/C20H24N4O/c21-18-14-15(20(25)22-16-7-8-16)6-9-19(18)24-12-10-23(11-13-24)17-4-2-1-3-5-17/h1-6,9,14,16H,7-8,10-13,21H2,(H,22,25). The maximum atomic E-state index is 12.1. The zero-order valence-corrected chi connectivity index (χ0v) is 14.3. The Hall–Kier alpha value is -2.69. The van der Waals surface area contributed by atoms with Crippen LogP contribution in [0.1, 0.15) is 23.2 Å². The Kier molecular flexibility index (Phi) is 4.22. The van der Waals surface area contributed by atoms with E-state index in [1.807, 2.05) is 18.2 Å². The number of rotatable bonds is 4. The van der Waals surface area contributed by atoms with Gasteiger partial charge >= 0.3 is 0 Å². The number of nitrogens with zero attached hydrogens (tertiary/aromatic N) is 2. The highest BCUT2D eigenvalue weighted by molar-refractivity contribution is 5.96. The first-order valence-corrected chi connectivity index (χ1v) is 8.96. The number of benzene rings is 2. The number of carbonyl (C=O) groups excluding carboxylic acids is 1. The highest BCUT2D eigenvalue weighted by Crippen LogP contribution is 2.27. The average molecular weight is 336 g/mol. The molecule has 3 N–H and O–H groups in total. The van der Waals surface area contributed by atoms with E-state index in [1.165, 1.54) is 5.69 Å². The Balaban J connectivity index is 1.41. The van der Waals surface area contributed by atoms with Gasteiger partial charge in [0.2, 0.25) is 0 Å². The number of para-hydroxylation sites is 1. The smallest absolute Gasteiger partial charge is 0.251 e. The Morgan fingerprint density at radius 2 is 1.64 bits per heavy atom. The van der Waals surface area contributed by atoms with E-state index in [9.17, 15) is 4.79 Å². The summed E-state index contributed by atoms with van der Waals surface area (Å²) in [6, 6.07) is 16.5. The van der Waals surface area contributed by atoms with Crippen molar-refractivity contribution in [2.24, 2.45) is 0 Å². The molecule has 0 aromatic heterocycles. The molecule has 1 heterocycles. The quantitative estimate of drug-likeness (QED) is 0.842. The largest absolute Gasteiger partial charge is 0.397 e. The lowest BCUT2D eigenvalue weighted by Gasteiger charge is -2.37. The molecule has 2 aromatic rings. The molecule has 130 valence electrons. The third-order valence-corrected chi connectivity index (χ3v) is 4.94. The van der Waals surface area contributed by atoms with Crippen LogP contribution in [-0.4, -0.2) is 38.1 Å². The van der Waals surface area contributed by atoms with Crippen LogP contribution in [0, 0.1) is 0 Å². The summed E-state index contributed by atoms with van der Waals surface area (Å²) in [6.07, 6.45) is 2.18. The fourth-order valence-corrected chi connectivity index (χ4v) is 3.32. The molecule has 0 bridgehead atoms. The van der Waals surface area contributed by atoms with Gasteiger partial charge in [-0.2, -0.15) is 0 Å². The van der Waals surface area contributed by atoms with Gasteiger partial charge in [0.25, 0.3) is 5.91 Å². The first-order valence-electron chi connectivity index (χ1n) is 8.96. The summed E-state index contributed by atoms with van der Waals surface area (Å²) in [4.78, 5) is 16.8. The van der Waals surface area contributed by atoms with Gasteiger partial charge < -0.3 is 20.9 Å². The number of carbonyl (C=O) groups is 1. The number of hydrogen-bond donors (Lipinski definition) is 2. The second-order valence-electron chi connectivity index (χ2n) is 6.83. The van der Waals surface area contributed by atoms with Gasteiger partial charge in [-0.1, -0.05) is 18.2 Å². The van der Waals surface area contributed by atoms with Crippen molar-refractivity contribution in [3.63, 3.8) is 0 Å². The van der Waals surface area contributed by atoms with E-state index in [2.05, 4.69) is 39.4 Å². The minimum absolute atomic E-state index is 0.0188. The van der Waals surface area contributed by atoms with Gasteiger partial charge in [0.05, 0.1) is 11.4 Å². The average Bonchev–Trinajstić information content (AvgIpc) is 3.46. The van der Waals surface area contributed by atoms with E-state index in [0.717, 1.165) is 44.7 Å². The Labute approximate surface area is 148 Å². The summed E-state index contributed by atoms with van der Waals surface area (Å²) >= 11 is 0. The van der Waals surface area contributed by atoms with Crippen LogP contribution in [-0.2, 0) is 0 Å². The van der Waals surface area contributed by atoms with Crippen LogP contribution in [0.15, 0.2) is 48.5 Å². The zero-order chi connectivity index (χ0) is 17.2. The molecular weight excluding hydrogens is 312 g/mol. The van der Waals surface area contributed by atoms with E-state index in [4.69, 9.17) is 5.73 Å². The topological polar surface area (TPSA) is 61.6 Å². The zero-order valence-electron chi connectivity index (χ0n) is 14.3. The number of anilines is 3. The van der Waals surface area contributed by atoms with E-state index < -0.39 is 0 Å². The molecule has 1 amide bonds. The Morgan fingerprint density at radius 1 is 0.960 bits per heavy atom. The second kappa shape index (κ2) is 6.67. The monoisotopic (exact) mass is 336 g/mol. The second-order valence-corrected chi connectivity index (χ2v) is 6.83. The molecule has 2 aromatic carbocycles. The third-order valence-electron chi connectivity index (χ3n) is 4.94. The minimum Gasteiger partial charge on any atom is -0.397 e. The number of piperazine rings is 1. The van der Waals surface area contributed by atoms with Crippen LogP contribution in [0.25, 0.3) is 0 Å². The molecule has 0 spiro atoms. The summed E-state index contributed by atoms with van der Waals surface area (Å²) < 4.78 is 0. The van der Waals surface area contributed by atoms with Crippen molar-refractivity contribution in [3.8, 4) is 0 Å². The summed E-state index contributed by atoms with van der Waals surface area (Å²) in [5, 5.41) is 3.01. The van der Waals surface area contributed by atoms with E-state index in [0.29, 0.717) is 17.3 Å².